The number of amides is 1. The summed E-state index contributed by atoms with van der Waals surface area (Å²) < 4.78 is 6.64. The van der Waals surface area contributed by atoms with Gasteiger partial charge in [0.25, 0.3) is 5.91 Å². The Labute approximate surface area is 184 Å². The molecule has 1 aliphatic rings. The third-order valence-corrected chi connectivity index (χ3v) is 5.37. The van der Waals surface area contributed by atoms with E-state index in [0.29, 0.717) is 12.2 Å². The van der Waals surface area contributed by atoms with Crippen LogP contribution >= 0.6 is 22.6 Å². The molecule has 0 N–H and O–H groups in total. The highest BCUT2D eigenvalue weighted by Crippen LogP contribution is 2.35. The van der Waals surface area contributed by atoms with E-state index in [4.69, 9.17) is 4.74 Å². The lowest BCUT2D eigenvalue weighted by Crippen LogP contribution is -2.24. The molecule has 0 aliphatic carbocycles. The van der Waals surface area contributed by atoms with E-state index in [1.54, 1.807) is 4.90 Å². The average Bonchev–Trinajstić information content (AvgIpc) is 3.07. The molecule has 4 rings (SSSR count). The highest BCUT2D eigenvalue weighted by atomic mass is 127. The monoisotopic (exact) mass is 493 g/mol. The minimum Gasteiger partial charge on any atom is -0.494 e. The number of hydrogen-bond acceptors (Lipinski definition) is 2. The van der Waals surface area contributed by atoms with Crippen molar-refractivity contribution in [3.8, 4) is 5.75 Å². The predicted octanol–water partition coefficient (Wildman–Crippen LogP) is 6.16. The molecule has 1 heterocycles. The summed E-state index contributed by atoms with van der Waals surface area (Å²) in [7, 11) is 0. The molecule has 0 aromatic heterocycles. The molecule has 0 saturated heterocycles. The van der Waals surface area contributed by atoms with Gasteiger partial charge in [-0.05, 0) is 89.2 Å². The number of carbonyl (C=O) groups excluding carboxylic acids is 1. The van der Waals surface area contributed by atoms with Crippen LogP contribution in [0, 0.1) is 3.57 Å². The van der Waals surface area contributed by atoms with Crippen molar-refractivity contribution < 1.29 is 9.53 Å². The lowest BCUT2D eigenvalue weighted by Gasteiger charge is -2.21. The van der Waals surface area contributed by atoms with Crippen LogP contribution in [0.4, 0.5) is 5.69 Å². The second-order valence-corrected chi connectivity index (χ2v) is 7.86. The van der Waals surface area contributed by atoms with E-state index < -0.39 is 0 Å². The highest BCUT2D eigenvalue weighted by molar-refractivity contribution is 14.1. The first kappa shape index (κ1) is 19.5. The Kier molecular flexibility index (Phi) is 5.81. The molecule has 0 saturated carbocycles. The van der Waals surface area contributed by atoms with Gasteiger partial charge in [-0.25, -0.2) is 0 Å². The van der Waals surface area contributed by atoms with Crippen LogP contribution in [-0.4, -0.2) is 12.5 Å². The first-order valence-corrected chi connectivity index (χ1v) is 10.6. The number of ether oxygens (including phenoxy) is 1. The molecular weight excluding hydrogens is 473 g/mol. The fourth-order valence-electron chi connectivity index (χ4n) is 3.29. The van der Waals surface area contributed by atoms with E-state index in [1.165, 1.54) is 0 Å². The fourth-order valence-corrected chi connectivity index (χ4v) is 3.65. The Morgan fingerprint density at radius 2 is 1.62 bits per heavy atom. The topological polar surface area (TPSA) is 29.5 Å². The maximum absolute atomic E-state index is 13.3. The minimum absolute atomic E-state index is 0.0288. The molecule has 0 radical (unpaired) electrons. The summed E-state index contributed by atoms with van der Waals surface area (Å²) in [5.74, 6) is 0.798. The van der Waals surface area contributed by atoms with Crippen molar-refractivity contribution >= 4 is 46.0 Å². The van der Waals surface area contributed by atoms with Crippen LogP contribution in [0.3, 0.4) is 0 Å². The Hall–Kier alpha value is -2.86. The summed E-state index contributed by atoms with van der Waals surface area (Å²) >= 11 is 2.27. The van der Waals surface area contributed by atoms with Gasteiger partial charge in [0.05, 0.1) is 12.3 Å². The van der Waals surface area contributed by atoms with Crippen LogP contribution in [0.15, 0.2) is 90.5 Å². The average molecular weight is 493 g/mol. The van der Waals surface area contributed by atoms with Gasteiger partial charge in [-0.15, -0.1) is 0 Å². The second kappa shape index (κ2) is 8.66. The summed E-state index contributed by atoms with van der Waals surface area (Å²) in [6.07, 6.45) is 3.89. The molecule has 1 amide bonds. The van der Waals surface area contributed by atoms with Crippen molar-refractivity contribution in [2.75, 3.05) is 11.5 Å². The highest BCUT2D eigenvalue weighted by Gasteiger charge is 2.30. The van der Waals surface area contributed by atoms with Gasteiger partial charge in [0.1, 0.15) is 5.75 Å². The normalized spacial score (nSPS) is 15.0. The van der Waals surface area contributed by atoms with Crippen LogP contribution in [0.25, 0.3) is 11.8 Å². The molecule has 0 spiro atoms. The van der Waals surface area contributed by atoms with Gasteiger partial charge >= 0.3 is 0 Å². The Morgan fingerprint density at radius 3 is 2.28 bits per heavy atom. The molecular formula is C25H20INO2. The first-order valence-electron chi connectivity index (χ1n) is 9.47. The quantitative estimate of drug-likeness (QED) is 0.315. The van der Waals surface area contributed by atoms with Gasteiger partial charge in [-0.2, -0.15) is 0 Å². The Bertz CT molecular complexity index is 1070. The molecule has 144 valence electrons. The number of rotatable bonds is 5. The number of anilines is 1. The van der Waals surface area contributed by atoms with E-state index in [9.17, 15) is 4.79 Å². The Balaban J connectivity index is 1.74. The predicted molar refractivity (Wildman–Crippen MR) is 127 cm³/mol. The molecule has 3 nitrogen and oxygen atoms in total. The minimum atomic E-state index is -0.0288. The van der Waals surface area contributed by atoms with Crippen LogP contribution in [0.1, 0.15) is 18.1 Å². The summed E-state index contributed by atoms with van der Waals surface area (Å²) in [6, 6.07) is 25.8. The zero-order chi connectivity index (χ0) is 20.2. The molecule has 1 aliphatic heterocycles. The maximum atomic E-state index is 13.3. The Morgan fingerprint density at radius 1 is 0.931 bits per heavy atom. The zero-order valence-corrected chi connectivity index (χ0v) is 18.2. The standard InChI is InChI=1S/C25H20INO2/c1-2-29-23-14-8-18(9-15-23)16-20-17-24(19-6-4-3-5-7-19)27(25(20)28)22-12-10-21(26)11-13-22/h3-17H,2H2,1H3/b20-16+. The van der Waals surface area contributed by atoms with E-state index in [0.717, 1.165) is 31.8 Å². The molecule has 0 fully saturated rings. The molecule has 3 aromatic carbocycles. The van der Waals surface area contributed by atoms with E-state index >= 15 is 0 Å². The zero-order valence-electron chi connectivity index (χ0n) is 16.0. The fraction of sp³-hybridized carbons (Fsp3) is 0.0800. The smallest absolute Gasteiger partial charge is 0.262 e. The summed E-state index contributed by atoms with van der Waals surface area (Å²) in [5.41, 5.74) is 4.38. The second-order valence-electron chi connectivity index (χ2n) is 6.61. The van der Waals surface area contributed by atoms with Gasteiger partial charge in [0.15, 0.2) is 0 Å². The number of halogens is 1. The van der Waals surface area contributed by atoms with Crippen LogP contribution in [0.5, 0.6) is 5.75 Å². The van der Waals surface area contributed by atoms with Gasteiger partial charge in [-0.1, -0.05) is 42.5 Å². The van der Waals surface area contributed by atoms with E-state index in [-0.39, 0.29) is 5.91 Å². The van der Waals surface area contributed by atoms with Crippen molar-refractivity contribution in [3.63, 3.8) is 0 Å². The molecule has 0 unspecified atom stereocenters. The van der Waals surface area contributed by atoms with Crippen molar-refractivity contribution in [3.05, 3.63) is 105 Å². The van der Waals surface area contributed by atoms with E-state index in [2.05, 4.69) is 22.6 Å². The molecule has 4 heteroatoms. The van der Waals surface area contributed by atoms with Crippen LogP contribution < -0.4 is 9.64 Å². The summed E-state index contributed by atoms with van der Waals surface area (Å²) in [6.45, 7) is 2.59. The van der Waals surface area contributed by atoms with Crippen molar-refractivity contribution in [2.24, 2.45) is 0 Å². The van der Waals surface area contributed by atoms with Crippen LogP contribution in [0.2, 0.25) is 0 Å². The van der Waals surface area contributed by atoms with Gasteiger partial charge < -0.3 is 4.74 Å². The number of hydrogen-bond donors (Lipinski definition) is 0. The molecule has 0 atom stereocenters. The SMILES string of the molecule is CCOc1ccc(/C=C2\C=C(c3ccccc3)N(c3ccc(I)cc3)C2=O)cc1. The number of benzene rings is 3. The van der Waals surface area contributed by atoms with Crippen molar-refractivity contribution in [1.29, 1.82) is 0 Å². The number of nitrogens with zero attached hydrogens (tertiary/aromatic N) is 1. The van der Waals surface area contributed by atoms with Crippen molar-refractivity contribution in [2.45, 2.75) is 6.92 Å². The lowest BCUT2D eigenvalue weighted by molar-refractivity contribution is -0.113. The first-order chi connectivity index (χ1) is 14.2. The molecule has 0 bridgehead atoms. The molecule has 3 aromatic rings. The third-order valence-electron chi connectivity index (χ3n) is 4.65. The largest absolute Gasteiger partial charge is 0.494 e. The summed E-state index contributed by atoms with van der Waals surface area (Å²) in [4.78, 5) is 15.1. The third kappa shape index (κ3) is 4.27. The molecule has 29 heavy (non-hydrogen) atoms. The van der Waals surface area contributed by atoms with Gasteiger partial charge in [0, 0.05) is 14.8 Å². The van der Waals surface area contributed by atoms with Crippen LogP contribution in [-0.2, 0) is 4.79 Å². The number of carbonyl (C=O) groups is 1. The van der Waals surface area contributed by atoms with E-state index in [1.807, 2.05) is 97.9 Å². The van der Waals surface area contributed by atoms with Gasteiger partial charge in [-0.3, -0.25) is 9.69 Å². The lowest BCUT2D eigenvalue weighted by atomic mass is 10.1. The maximum Gasteiger partial charge on any atom is 0.262 e. The van der Waals surface area contributed by atoms with Gasteiger partial charge in [0.2, 0.25) is 0 Å². The summed E-state index contributed by atoms with van der Waals surface area (Å²) in [5, 5.41) is 0. The van der Waals surface area contributed by atoms with Crippen molar-refractivity contribution in [1.82, 2.24) is 0 Å².